The second-order valence-electron chi connectivity index (χ2n) is 5.29. The third-order valence-electron chi connectivity index (χ3n) is 2.84. The Bertz CT molecular complexity index is 468. The molecule has 0 spiro atoms. The average molecular weight is 368 g/mol. The van der Waals surface area contributed by atoms with Gasteiger partial charge in [-0.15, -0.1) is 0 Å². The van der Waals surface area contributed by atoms with Crippen molar-refractivity contribution in [2.45, 2.75) is 39.5 Å². The first-order valence-corrected chi connectivity index (χ1v) is 8.74. The number of ether oxygens (including phenoxy) is 2. The predicted molar refractivity (Wildman–Crippen MR) is 96.0 cm³/mol. The summed E-state index contributed by atoms with van der Waals surface area (Å²) in [6, 6.07) is 0. The van der Waals surface area contributed by atoms with Crippen LogP contribution < -0.4 is 10.6 Å². The number of amides is 2. The maximum atomic E-state index is 11.5. The second-order valence-corrected chi connectivity index (χ2v) is 5.29. The molecular formula is C18H28N2O6. The Hall–Kier alpha value is -2.64. The molecule has 2 amide bonds. The number of nitrogens with one attached hydrogen (secondary N) is 2. The zero-order chi connectivity index (χ0) is 19.6. The van der Waals surface area contributed by atoms with Gasteiger partial charge in [-0.1, -0.05) is 13.8 Å². The molecule has 2 N–H and O–H groups in total. The van der Waals surface area contributed by atoms with Gasteiger partial charge < -0.3 is 20.1 Å². The zero-order valence-electron chi connectivity index (χ0n) is 15.4. The van der Waals surface area contributed by atoms with Gasteiger partial charge in [0.05, 0.1) is 13.2 Å². The summed E-state index contributed by atoms with van der Waals surface area (Å²) in [6.45, 7) is 5.25. The molecule has 0 aliphatic rings. The van der Waals surface area contributed by atoms with Crippen molar-refractivity contribution in [2.75, 3.05) is 26.3 Å². The molecule has 0 fully saturated rings. The third-order valence-corrected chi connectivity index (χ3v) is 2.84. The molecule has 8 nitrogen and oxygen atoms in total. The lowest BCUT2D eigenvalue weighted by Gasteiger charge is -2.04. The van der Waals surface area contributed by atoms with Gasteiger partial charge in [0.2, 0.25) is 11.8 Å². The Balaban J connectivity index is 3.71. The molecule has 0 saturated heterocycles. The fraction of sp³-hybridized carbons (Fsp3) is 0.556. The third kappa shape index (κ3) is 14.9. The molecule has 0 aliphatic heterocycles. The molecular weight excluding hydrogens is 340 g/mol. The van der Waals surface area contributed by atoms with Crippen LogP contribution in [0, 0.1) is 0 Å². The number of esters is 2. The molecule has 0 radical (unpaired) electrons. The van der Waals surface area contributed by atoms with Crippen molar-refractivity contribution in [2.24, 2.45) is 0 Å². The molecule has 8 heteroatoms. The van der Waals surface area contributed by atoms with Crippen LogP contribution in [-0.2, 0) is 28.7 Å². The van der Waals surface area contributed by atoms with Gasteiger partial charge in [0.1, 0.15) is 0 Å². The lowest BCUT2D eigenvalue weighted by Crippen LogP contribution is -2.25. The molecule has 0 bridgehead atoms. The van der Waals surface area contributed by atoms with E-state index in [4.69, 9.17) is 9.47 Å². The summed E-state index contributed by atoms with van der Waals surface area (Å²) in [4.78, 5) is 45.3. The highest BCUT2D eigenvalue weighted by Gasteiger charge is 2.01. The Kier molecular flexibility index (Phi) is 14.3. The minimum absolute atomic E-state index is 0.325. The molecule has 0 aromatic carbocycles. The maximum Gasteiger partial charge on any atom is 0.330 e. The lowest BCUT2D eigenvalue weighted by atomic mass is 10.3. The summed E-state index contributed by atoms with van der Waals surface area (Å²) in [6.07, 6.45) is 7.18. The van der Waals surface area contributed by atoms with E-state index in [1.165, 1.54) is 0 Å². The van der Waals surface area contributed by atoms with Crippen LogP contribution in [0.25, 0.3) is 0 Å². The van der Waals surface area contributed by atoms with E-state index in [1.54, 1.807) is 0 Å². The van der Waals surface area contributed by atoms with Crippen molar-refractivity contribution in [1.82, 2.24) is 10.6 Å². The van der Waals surface area contributed by atoms with E-state index in [-0.39, 0.29) is 11.8 Å². The topological polar surface area (TPSA) is 111 Å². The SMILES string of the molecule is CCCOC(=O)/C=C/C(=O)NCCCCNC(=O)/C=C/C(=O)OCCC. The van der Waals surface area contributed by atoms with Gasteiger partial charge in [-0.05, 0) is 25.7 Å². The largest absolute Gasteiger partial charge is 0.463 e. The zero-order valence-corrected chi connectivity index (χ0v) is 15.4. The lowest BCUT2D eigenvalue weighted by molar-refractivity contribution is -0.138. The van der Waals surface area contributed by atoms with Crippen LogP contribution in [0.1, 0.15) is 39.5 Å². The number of rotatable bonds is 13. The molecule has 0 saturated carbocycles. The molecule has 26 heavy (non-hydrogen) atoms. The highest BCUT2D eigenvalue weighted by molar-refractivity contribution is 5.95. The summed E-state index contributed by atoms with van der Waals surface area (Å²) in [5.41, 5.74) is 0. The number of hydrogen-bond donors (Lipinski definition) is 2. The van der Waals surface area contributed by atoms with Gasteiger partial charge in [-0.25, -0.2) is 9.59 Å². The Morgan fingerprint density at radius 3 is 1.42 bits per heavy atom. The van der Waals surface area contributed by atoms with Gasteiger partial charge >= 0.3 is 11.9 Å². The van der Waals surface area contributed by atoms with Crippen LogP contribution in [0.4, 0.5) is 0 Å². The van der Waals surface area contributed by atoms with E-state index in [1.807, 2.05) is 13.8 Å². The first-order valence-electron chi connectivity index (χ1n) is 8.74. The minimum atomic E-state index is -0.545. The monoisotopic (exact) mass is 368 g/mol. The van der Waals surface area contributed by atoms with Gasteiger partial charge in [-0.3, -0.25) is 9.59 Å². The average Bonchev–Trinajstić information content (AvgIpc) is 2.63. The first kappa shape index (κ1) is 23.4. The van der Waals surface area contributed by atoms with E-state index in [2.05, 4.69) is 10.6 Å². The number of carbonyl (C=O) groups excluding carboxylic acids is 4. The van der Waals surface area contributed by atoms with Gasteiger partial charge in [-0.2, -0.15) is 0 Å². The second kappa shape index (κ2) is 15.9. The summed E-state index contributed by atoms with van der Waals surface area (Å²) in [5, 5.41) is 5.24. The Labute approximate surface area is 154 Å². The number of carbonyl (C=O) groups is 4. The molecule has 0 atom stereocenters. The van der Waals surface area contributed by atoms with Crippen LogP contribution in [0.5, 0.6) is 0 Å². The van der Waals surface area contributed by atoms with Crippen LogP contribution in [0.3, 0.4) is 0 Å². The minimum Gasteiger partial charge on any atom is -0.463 e. The van der Waals surface area contributed by atoms with Crippen LogP contribution in [0.2, 0.25) is 0 Å². The maximum absolute atomic E-state index is 11.5. The van der Waals surface area contributed by atoms with Crippen molar-refractivity contribution in [3.05, 3.63) is 24.3 Å². The van der Waals surface area contributed by atoms with E-state index >= 15 is 0 Å². The Morgan fingerprint density at radius 1 is 0.692 bits per heavy atom. The predicted octanol–water partition coefficient (Wildman–Crippen LogP) is 1.02. The summed E-state index contributed by atoms with van der Waals surface area (Å²) in [7, 11) is 0. The van der Waals surface area contributed by atoms with E-state index in [0.717, 1.165) is 37.1 Å². The molecule has 0 aromatic heterocycles. The summed E-state index contributed by atoms with van der Waals surface area (Å²) < 4.78 is 9.59. The first-order chi connectivity index (χ1) is 12.5. The highest BCUT2D eigenvalue weighted by Crippen LogP contribution is 1.89. The van der Waals surface area contributed by atoms with Gasteiger partial charge in [0, 0.05) is 37.4 Å². The molecule has 0 rings (SSSR count). The fourth-order valence-electron chi connectivity index (χ4n) is 1.58. The summed E-state index contributed by atoms with van der Waals surface area (Å²) >= 11 is 0. The number of hydrogen-bond acceptors (Lipinski definition) is 6. The van der Waals surface area contributed by atoms with Gasteiger partial charge in [0.15, 0.2) is 0 Å². The van der Waals surface area contributed by atoms with Crippen LogP contribution in [0.15, 0.2) is 24.3 Å². The number of unbranched alkanes of at least 4 members (excludes halogenated alkanes) is 1. The van der Waals surface area contributed by atoms with E-state index < -0.39 is 11.9 Å². The highest BCUT2D eigenvalue weighted by atomic mass is 16.5. The smallest absolute Gasteiger partial charge is 0.330 e. The van der Waals surface area contributed by atoms with Crippen molar-refractivity contribution < 1.29 is 28.7 Å². The van der Waals surface area contributed by atoms with Crippen molar-refractivity contribution in [3.63, 3.8) is 0 Å². The van der Waals surface area contributed by atoms with Crippen LogP contribution in [-0.4, -0.2) is 50.1 Å². The Morgan fingerprint density at radius 2 is 1.08 bits per heavy atom. The van der Waals surface area contributed by atoms with Gasteiger partial charge in [0.25, 0.3) is 0 Å². The quantitative estimate of drug-likeness (QED) is 0.285. The molecule has 0 unspecified atom stereocenters. The van der Waals surface area contributed by atoms with E-state index in [9.17, 15) is 19.2 Å². The van der Waals surface area contributed by atoms with Crippen molar-refractivity contribution in [1.29, 1.82) is 0 Å². The standard InChI is InChI=1S/C18H28N2O6/c1-3-13-25-17(23)9-7-15(21)19-11-5-6-12-20-16(22)8-10-18(24)26-14-4-2/h7-10H,3-6,11-14H2,1-2H3,(H,19,21)(H,20,22)/b9-7+,10-8+. The van der Waals surface area contributed by atoms with Crippen molar-refractivity contribution in [3.8, 4) is 0 Å². The fourth-order valence-corrected chi connectivity index (χ4v) is 1.58. The molecule has 146 valence electrons. The molecule has 0 heterocycles. The van der Waals surface area contributed by atoms with E-state index in [0.29, 0.717) is 39.1 Å². The molecule has 0 aliphatic carbocycles. The van der Waals surface area contributed by atoms with Crippen molar-refractivity contribution >= 4 is 23.8 Å². The summed E-state index contributed by atoms with van der Waals surface area (Å²) in [5.74, 6) is -1.85. The molecule has 0 aromatic rings. The normalized spacial score (nSPS) is 10.7. The van der Waals surface area contributed by atoms with Crippen LogP contribution >= 0.6 is 0 Å².